The van der Waals surface area contributed by atoms with E-state index in [1.165, 1.54) is 12.5 Å². The topological polar surface area (TPSA) is 30.5 Å². The normalized spacial score (nSPS) is 34.4. The Morgan fingerprint density at radius 3 is 3.00 bits per heavy atom. The first-order valence-electron chi connectivity index (χ1n) is 4.26. The first kappa shape index (κ1) is 7.53. The van der Waals surface area contributed by atoms with Crippen LogP contribution in [0, 0.1) is 6.10 Å². The lowest BCUT2D eigenvalue weighted by atomic mass is 10.1. The summed E-state index contributed by atoms with van der Waals surface area (Å²) in [6, 6.07) is 0.367. The minimum absolute atomic E-state index is 0.367. The lowest BCUT2D eigenvalue weighted by Gasteiger charge is -2.27. The number of rotatable bonds is 1. The van der Waals surface area contributed by atoms with E-state index in [4.69, 9.17) is 9.47 Å². The molecule has 3 nitrogen and oxygen atoms in total. The molecule has 0 spiro atoms. The lowest BCUT2D eigenvalue weighted by Crippen LogP contribution is -2.44. The zero-order valence-electron chi connectivity index (χ0n) is 6.64. The molecule has 1 N–H and O–H groups in total. The average molecular weight is 156 g/mol. The van der Waals surface area contributed by atoms with Crippen LogP contribution in [-0.4, -0.2) is 32.4 Å². The molecule has 2 saturated heterocycles. The van der Waals surface area contributed by atoms with E-state index in [2.05, 4.69) is 5.32 Å². The van der Waals surface area contributed by atoms with Gasteiger partial charge >= 0.3 is 0 Å². The van der Waals surface area contributed by atoms with Crippen LogP contribution in [0.4, 0.5) is 0 Å². The van der Waals surface area contributed by atoms with Crippen molar-refractivity contribution in [1.29, 1.82) is 0 Å². The molecule has 63 valence electrons. The summed E-state index contributed by atoms with van der Waals surface area (Å²) in [4.78, 5) is 0. The SMILES string of the molecule is C1CO[C](C2COCCN2)C1. The molecule has 11 heavy (non-hydrogen) atoms. The molecule has 0 bridgehead atoms. The quantitative estimate of drug-likeness (QED) is 0.593. The fourth-order valence-electron chi connectivity index (χ4n) is 1.57. The molecule has 2 fully saturated rings. The van der Waals surface area contributed by atoms with Gasteiger partial charge in [-0.2, -0.15) is 0 Å². The van der Waals surface area contributed by atoms with Gasteiger partial charge in [0.15, 0.2) is 0 Å². The third-order valence-corrected chi connectivity index (χ3v) is 2.17. The van der Waals surface area contributed by atoms with Gasteiger partial charge < -0.3 is 14.8 Å². The zero-order valence-corrected chi connectivity index (χ0v) is 6.64. The van der Waals surface area contributed by atoms with Gasteiger partial charge in [0.05, 0.1) is 19.3 Å². The summed E-state index contributed by atoms with van der Waals surface area (Å²) in [5, 5.41) is 3.37. The Morgan fingerprint density at radius 2 is 2.36 bits per heavy atom. The number of ether oxygens (including phenoxy) is 2. The summed E-state index contributed by atoms with van der Waals surface area (Å²) in [7, 11) is 0. The van der Waals surface area contributed by atoms with Crippen LogP contribution in [0.2, 0.25) is 0 Å². The molecular formula is C8H14NO2. The van der Waals surface area contributed by atoms with Crippen molar-refractivity contribution in [3.05, 3.63) is 6.10 Å². The van der Waals surface area contributed by atoms with Crippen LogP contribution < -0.4 is 5.32 Å². The summed E-state index contributed by atoms with van der Waals surface area (Å²) < 4.78 is 10.8. The Kier molecular flexibility index (Phi) is 2.41. The Morgan fingerprint density at radius 1 is 1.36 bits per heavy atom. The molecule has 0 aliphatic carbocycles. The Bertz CT molecular complexity index is 117. The highest BCUT2D eigenvalue weighted by atomic mass is 16.5. The summed E-state index contributed by atoms with van der Waals surface area (Å²) in [5.41, 5.74) is 0. The summed E-state index contributed by atoms with van der Waals surface area (Å²) >= 11 is 0. The van der Waals surface area contributed by atoms with Crippen LogP contribution in [0.1, 0.15) is 12.8 Å². The number of morpholine rings is 1. The predicted molar refractivity (Wildman–Crippen MR) is 41.0 cm³/mol. The van der Waals surface area contributed by atoms with Gasteiger partial charge in [0, 0.05) is 13.2 Å². The second-order valence-corrected chi connectivity index (χ2v) is 3.00. The van der Waals surface area contributed by atoms with Crippen molar-refractivity contribution in [2.24, 2.45) is 0 Å². The van der Waals surface area contributed by atoms with Crippen molar-refractivity contribution in [3.8, 4) is 0 Å². The zero-order chi connectivity index (χ0) is 7.52. The summed E-state index contributed by atoms with van der Waals surface area (Å²) in [6.45, 7) is 3.48. The van der Waals surface area contributed by atoms with E-state index < -0.39 is 0 Å². The second kappa shape index (κ2) is 3.52. The highest BCUT2D eigenvalue weighted by Crippen LogP contribution is 2.23. The monoisotopic (exact) mass is 156 g/mol. The van der Waals surface area contributed by atoms with E-state index in [0.29, 0.717) is 6.04 Å². The summed E-state index contributed by atoms with van der Waals surface area (Å²) in [6.07, 6.45) is 3.49. The highest BCUT2D eigenvalue weighted by molar-refractivity contribution is 4.96. The van der Waals surface area contributed by atoms with Crippen LogP contribution >= 0.6 is 0 Å². The van der Waals surface area contributed by atoms with Gasteiger partial charge in [0.2, 0.25) is 0 Å². The maximum Gasteiger partial charge on any atom is 0.116 e. The van der Waals surface area contributed by atoms with Gasteiger partial charge in [-0.3, -0.25) is 0 Å². The second-order valence-electron chi connectivity index (χ2n) is 3.00. The van der Waals surface area contributed by atoms with E-state index in [0.717, 1.165) is 32.8 Å². The molecule has 2 aliphatic rings. The molecule has 0 aromatic heterocycles. The Hall–Kier alpha value is -0.120. The molecule has 0 aromatic carbocycles. The minimum atomic E-state index is 0.367. The van der Waals surface area contributed by atoms with Gasteiger partial charge in [-0.25, -0.2) is 0 Å². The minimum Gasteiger partial charge on any atom is -0.378 e. The third-order valence-electron chi connectivity index (χ3n) is 2.17. The smallest absolute Gasteiger partial charge is 0.116 e. The third kappa shape index (κ3) is 1.72. The molecular weight excluding hydrogens is 142 g/mol. The predicted octanol–water partition coefficient (Wildman–Crippen LogP) is 0.317. The molecule has 0 aromatic rings. The van der Waals surface area contributed by atoms with Gasteiger partial charge in [-0.15, -0.1) is 0 Å². The highest BCUT2D eigenvalue weighted by Gasteiger charge is 2.28. The Balaban J connectivity index is 1.82. The van der Waals surface area contributed by atoms with E-state index in [1.54, 1.807) is 0 Å². The van der Waals surface area contributed by atoms with E-state index in [-0.39, 0.29) is 0 Å². The van der Waals surface area contributed by atoms with Crippen LogP contribution in [-0.2, 0) is 9.47 Å². The molecule has 1 radical (unpaired) electrons. The molecule has 2 heterocycles. The van der Waals surface area contributed by atoms with Crippen molar-refractivity contribution >= 4 is 0 Å². The van der Waals surface area contributed by atoms with E-state index in [9.17, 15) is 0 Å². The molecule has 0 amide bonds. The maximum absolute atomic E-state index is 5.47. The standard InChI is InChI=1S/C8H14NO2/c1-2-8(11-4-1)7-6-10-5-3-9-7/h7,9H,1-6H2. The first-order chi connectivity index (χ1) is 5.47. The van der Waals surface area contributed by atoms with Crippen LogP contribution in [0.5, 0.6) is 0 Å². The largest absolute Gasteiger partial charge is 0.378 e. The van der Waals surface area contributed by atoms with Gasteiger partial charge in [0.25, 0.3) is 0 Å². The number of hydrogen-bond acceptors (Lipinski definition) is 3. The van der Waals surface area contributed by atoms with Gasteiger partial charge in [-0.1, -0.05) is 0 Å². The molecule has 1 unspecified atom stereocenters. The fourth-order valence-corrected chi connectivity index (χ4v) is 1.57. The number of nitrogens with one attached hydrogen (secondary N) is 1. The number of hydrogen-bond donors (Lipinski definition) is 1. The average Bonchev–Trinajstić information content (AvgIpc) is 2.58. The van der Waals surface area contributed by atoms with Crippen LogP contribution in [0.3, 0.4) is 0 Å². The van der Waals surface area contributed by atoms with E-state index >= 15 is 0 Å². The maximum atomic E-state index is 5.47. The Labute approximate surface area is 67.1 Å². The van der Waals surface area contributed by atoms with Crippen molar-refractivity contribution in [2.75, 3.05) is 26.4 Å². The fraction of sp³-hybridized carbons (Fsp3) is 0.875. The van der Waals surface area contributed by atoms with Crippen molar-refractivity contribution in [3.63, 3.8) is 0 Å². The van der Waals surface area contributed by atoms with Crippen molar-refractivity contribution in [1.82, 2.24) is 5.32 Å². The first-order valence-corrected chi connectivity index (χ1v) is 4.26. The molecule has 1 atom stereocenters. The molecule has 0 saturated carbocycles. The van der Waals surface area contributed by atoms with Crippen LogP contribution in [0.25, 0.3) is 0 Å². The van der Waals surface area contributed by atoms with Crippen LogP contribution in [0.15, 0.2) is 0 Å². The van der Waals surface area contributed by atoms with Crippen molar-refractivity contribution < 1.29 is 9.47 Å². The molecule has 2 rings (SSSR count). The lowest BCUT2D eigenvalue weighted by molar-refractivity contribution is 0.0475. The summed E-state index contributed by atoms with van der Waals surface area (Å²) in [5.74, 6) is 0. The molecule has 3 heteroatoms. The van der Waals surface area contributed by atoms with Crippen molar-refractivity contribution in [2.45, 2.75) is 18.9 Å². The van der Waals surface area contributed by atoms with Gasteiger partial charge in [0.1, 0.15) is 6.10 Å². The van der Waals surface area contributed by atoms with Gasteiger partial charge in [-0.05, 0) is 12.8 Å². The van der Waals surface area contributed by atoms with E-state index in [1.807, 2.05) is 0 Å². The molecule has 2 aliphatic heterocycles.